The Bertz CT molecular complexity index is 941. The fourth-order valence-corrected chi connectivity index (χ4v) is 3.51. The third-order valence-electron chi connectivity index (χ3n) is 4.89. The third-order valence-corrected chi connectivity index (χ3v) is 4.89. The molecule has 8 heteroatoms. The van der Waals surface area contributed by atoms with E-state index in [1.807, 2.05) is 22.7 Å². The topological polar surface area (TPSA) is 79.1 Å². The van der Waals surface area contributed by atoms with E-state index >= 15 is 0 Å². The van der Waals surface area contributed by atoms with Crippen molar-refractivity contribution in [2.24, 2.45) is 0 Å². The lowest BCUT2D eigenvalue weighted by atomic mass is 10.1. The number of methoxy groups -OCH3 is 3. The minimum absolute atomic E-state index is 0.208. The van der Waals surface area contributed by atoms with E-state index in [0.29, 0.717) is 23.8 Å². The predicted molar refractivity (Wildman–Crippen MR) is 106 cm³/mol. The van der Waals surface area contributed by atoms with Crippen molar-refractivity contribution in [1.82, 2.24) is 14.4 Å². The Hall–Kier alpha value is -3.00. The quantitative estimate of drug-likeness (QED) is 0.671. The molecule has 0 aliphatic carbocycles. The number of rotatable bonds is 7. The smallest absolute Gasteiger partial charge is 0.203 e. The van der Waals surface area contributed by atoms with Crippen LogP contribution in [0.15, 0.2) is 30.7 Å². The minimum Gasteiger partial charge on any atom is -0.493 e. The van der Waals surface area contributed by atoms with Gasteiger partial charge in [-0.15, -0.1) is 0 Å². The molecule has 0 bridgehead atoms. The second kappa shape index (κ2) is 7.93. The Morgan fingerprint density at radius 3 is 2.61 bits per heavy atom. The van der Waals surface area contributed by atoms with Crippen molar-refractivity contribution in [2.45, 2.75) is 18.9 Å². The summed E-state index contributed by atoms with van der Waals surface area (Å²) < 4.78 is 24.2. The van der Waals surface area contributed by atoms with E-state index in [1.54, 1.807) is 33.7 Å². The average Bonchev–Trinajstić information content (AvgIpc) is 3.38. The van der Waals surface area contributed by atoms with Gasteiger partial charge in [0.05, 0.1) is 33.6 Å². The van der Waals surface area contributed by atoms with Crippen molar-refractivity contribution in [3.8, 4) is 28.5 Å². The first-order valence-corrected chi connectivity index (χ1v) is 9.23. The predicted octanol–water partition coefficient (Wildman–Crippen LogP) is 3.01. The zero-order valence-electron chi connectivity index (χ0n) is 16.3. The number of nitrogens with one attached hydrogen (secondary N) is 1. The van der Waals surface area contributed by atoms with E-state index in [9.17, 15) is 0 Å². The van der Waals surface area contributed by atoms with Gasteiger partial charge in [0.15, 0.2) is 17.1 Å². The van der Waals surface area contributed by atoms with Crippen LogP contribution in [0.5, 0.6) is 17.2 Å². The van der Waals surface area contributed by atoms with Crippen LogP contribution in [0.1, 0.15) is 12.8 Å². The molecule has 148 valence electrons. The SMILES string of the molecule is COc1cc(-c2nc3cnccn3c2NC[C@@H]2CCCO2)cc(OC)c1OC. The summed E-state index contributed by atoms with van der Waals surface area (Å²) in [5, 5.41) is 3.52. The van der Waals surface area contributed by atoms with Gasteiger partial charge >= 0.3 is 0 Å². The van der Waals surface area contributed by atoms with E-state index in [1.165, 1.54) is 0 Å². The van der Waals surface area contributed by atoms with Crippen molar-refractivity contribution in [2.75, 3.05) is 39.8 Å². The highest BCUT2D eigenvalue weighted by molar-refractivity contribution is 5.79. The van der Waals surface area contributed by atoms with Gasteiger partial charge in [-0.05, 0) is 25.0 Å². The molecule has 1 saturated heterocycles. The summed E-state index contributed by atoms with van der Waals surface area (Å²) in [5.41, 5.74) is 2.39. The van der Waals surface area contributed by atoms with Crippen LogP contribution in [0, 0.1) is 0 Å². The Labute approximate surface area is 163 Å². The Morgan fingerprint density at radius 1 is 1.18 bits per heavy atom. The summed E-state index contributed by atoms with van der Waals surface area (Å²) in [4.78, 5) is 8.97. The number of benzene rings is 1. The van der Waals surface area contributed by atoms with Crippen molar-refractivity contribution < 1.29 is 18.9 Å². The van der Waals surface area contributed by atoms with Gasteiger partial charge < -0.3 is 24.3 Å². The molecule has 4 rings (SSSR count). The lowest BCUT2D eigenvalue weighted by Gasteiger charge is -2.15. The molecule has 0 radical (unpaired) electrons. The summed E-state index contributed by atoms with van der Waals surface area (Å²) in [7, 11) is 4.79. The summed E-state index contributed by atoms with van der Waals surface area (Å²) in [6.07, 6.45) is 7.74. The number of fused-ring (bicyclic) bond motifs is 1. The summed E-state index contributed by atoms with van der Waals surface area (Å²) in [6.45, 7) is 1.54. The minimum atomic E-state index is 0.208. The lowest BCUT2D eigenvalue weighted by Crippen LogP contribution is -2.19. The number of ether oxygens (including phenoxy) is 4. The average molecular weight is 384 g/mol. The number of nitrogens with zero attached hydrogens (tertiary/aromatic N) is 3. The van der Waals surface area contributed by atoms with Gasteiger partial charge in [0, 0.05) is 31.1 Å². The standard InChI is InChI=1S/C20H24N4O4/c1-25-15-9-13(10-16(26-2)19(15)27-3)18-20(22-11-14-5-4-8-28-14)24-7-6-21-12-17(24)23-18/h6-7,9-10,12,14,22H,4-5,8,11H2,1-3H3/t14-/m0/s1. The van der Waals surface area contributed by atoms with Crippen LogP contribution in [-0.2, 0) is 4.74 Å². The van der Waals surface area contributed by atoms with Crippen molar-refractivity contribution >= 4 is 11.5 Å². The van der Waals surface area contributed by atoms with Crippen LogP contribution in [0.2, 0.25) is 0 Å². The second-order valence-electron chi connectivity index (χ2n) is 6.54. The van der Waals surface area contributed by atoms with Gasteiger partial charge in [0.2, 0.25) is 5.75 Å². The highest BCUT2D eigenvalue weighted by Gasteiger charge is 2.21. The van der Waals surface area contributed by atoms with Gasteiger partial charge in [0.25, 0.3) is 0 Å². The van der Waals surface area contributed by atoms with Gasteiger partial charge in [-0.25, -0.2) is 4.98 Å². The van der Waals surface area contributed by atoms with Crippen LogP contribution in [0.3, 0.4) is 0 Å². The molecule has 0 amide bonds. The number of hydrogen-bond donors (Lipinski definition) is 1. The Kier molecular flexibility index (Phi) is 5.21. The van der Waals surface area contributed by atoms with Crippen molar-refractivity contribution in [1.29, 1.82) is 0 Å². The molecular formula is C20H24N4O4. The fourth-order valence-electron chi connectivity index (χ4n) is 3.51. The van der Waals surface area contributed by atoms with Gasteiger partial charge in [0.1, 0.15) is 11.5 Å². The number of hydrogen-bond acceptors (Lipinski definition) is 7. The Morgan fingerprint density at radius 2 is 1.96 bits per heavy atom. The lowest BCUT2D eigenvalue weighted by molar-refractivity contribution is 0.120. The number of imidazole rings is 1. The van der Waals surface area contributed by atoms with Crippen LogP contribution in [0.25, 0.3) is 16.9 Å². The van der Waals surface area contributed by atoms with E-state index in [-0.39, 0.29) is 6.10 Å². The first kappa shape index (κ1) is 18.4. The largest absolute Gasteiger partial charge is 0.493 e. The molecule has 2 aromatic heterocycles. The van der Waals surface area contributed by atoms with E-state index in [4.69, 9.17) is 23.9 Å². The Balaban J connectivity index is 1.80. The summed E-state index contributed by atoms with van der Waals surface area (Å²) >= 11 is 0. The van der Waals surface area contributed by atoms with Crippen molar-refractivity contribution in [3.63, 3.8) is 0 Å². The molecule has 1 aliphatic rings. The normalized spacial score (nSPS) is 16.3. The monoisotopic (exact) mass is 384 g/mol. The molecule has 1 fully saturated rings. The molecule has 0 spiro atoms. The first-order chi connectivity index (χ1) is 13.7. The molecule has 1 aliphatic heterocycles. The van der Waals surface area contributed by atoms with Crippen LogP contribution < -0.4 is 19.5 Å². The molecule has 3 aromatic rings. The van der Waals surface area contributed by atoms with Gasteiger partial charge in [-0.3, -0.25) is 9.38 Å². The summed E-state index contributed by atoms with van der Waals surface area (Å²) in [6, 6.07) is 3.79. The summed E-state index contributed by atoms with van der Waals surface area (Å²) in [5.74, 6) is 2.59. The molecule has 0 unspecified atom stereocenters. The molecule has 1 atom stereocenters. The number of aromatic nitrogens is 3. The zero-order valence-corrected chi connectivity index (χ0v) is 16.3. The third kappa shape index (κ3) is 3.31. The van der Waals surface area contributed by atoms with E-state index < -0.39 is 0 Å². The zero-order chi connectivity index (χ0) is 19.5. The molecule has 0 saturated carbocycles. The molecule has 1 aromatic carbocycles. The van der Waals surface area contributed by atoms with Crippen LogP contribution in [-0.4, -0.2) is 55.0 Å². The number of anilines is 1. The van der Waals surface area contributed by atoms with E-state index in [2.05, 4.69) is 10.3 Å². The van der Waals surface area contributed by atoms with E-state index in [0.717, 1.165) is 42.2 Å². The maximum Gasteiger partial charge on any atom is 0.203 e. The molecule has 1 N–H and O–H groups in total. The maximum atomic E-state index is 5.75. The highest BCUT2D eigenvalue weighted by Crippen LogP contribution is 2.42. The molecule has 3 heterocycles. The molecule has 28 heavy (non-hydrogen) atoms. The highest BCUT2D eigenvalue weighted by atomic mass is 16.5. The van der Waals surface area contributed by atoms with Gasteiger partial charge in [-0.1, -0.05) is 0 Å². The second-order valence-corrected chi connectivity index (χ2v) is 6.54. The fraction of sp³-hybridized carbons (Fsp3) is 0.400. The van der Waals surface area contributed by atoms with Crippen LogP contribution >= 0.6 is 0 Å². The first-order valence-electron chi connectivity index (χ1n) is 9.23. The maximum absolute atomic E-state index is 5.75. The van der Waals surface area contributed by atoms with Crippen molar-refractivity contribution in [3.05, 3.63) is 30.7 Å². The van der Waals surface area contributed by atoms with Gasteiger partial charge in [-0.2, -0.15) is 0 Å². The van der Waals surface area contributed by atoms with Crippen LogP contribution in [0.4, 0.5) is 5.82 Å². The molecule has 8 nitrogen and oxygen atoms in total. The molecular weight excluding hydrogens is 360 g/mol.